The van der Waals surface area contributed by atoms with E-state index in [0.717, 1.165) is 18.0 Å². The van der Waals surface area contributed by atoms with Crippen molar-refractivity contribution in [1.29, 1.82) is 0 Å². The number of amides is 1. The van der Waals surface area contributed by atoms with Crippen LogP contribution in [0.25, 0.3) is 0 Å². The van der Waals surface area contributed by atoms with Crippen LogP contribution in [0.1, 0.15) is 43.7 Å². The van der Waals surface area contributed by atoms with E-state index in [0.29, 0.717) is 55.1 Å². The van der Waals surface area contributed by atoms with Crippen molar-refractivity contribution in [1.82, 2.24) is 30.0 Å². The molecule has 1 saturated heterocycles. The average Bonchev–Trinajstić information content (AvgIpc) is 3.24. The first kappa shape index (κ1) is 21.5. The van der Waals surface area contributed by atoms with Gasteiger partial charge in [-0.2, -0.15) is 0 Å². The molecule has 1 saturated carbocycles. The molecule has 2 aromatic rings. The molecule has 0 radical (unpaired) electrons. The molecule has 1 aromatic carbocycles. The van der Waals surface area contributed by atoms with Crippen molar-refractivity contribution in [3.63, 3.8) is 0 Å². The lowest BCUT2D eigenvalue weighted by molar-refractivity contribution is -0.130. The van der Waals surface area contributed by atoms with E-state index in [1.54, 1.807) is 12.1 Å². The zero-order valence-electron chi connectivity index (χ0n) is 16.8. The number of carbonyl (C=O) groups excluding carboxylic acids is 1. The van der Waals surface area contributed by atoms with Gasteiger partial charge in [-0.25, -0.2) is 9.07 Å². The monoisotopic (exact) mass is 452 g/mol. The topological polar surface area (TPSA) is 67.2 Å². The Kier molecular flexibility index (Phi) is 7.22. The lowest BCUT2D eigenvalue weighted by Gasteiger charge is -2.35. The summed E-state index contributed by atoms with van der Waals surface area (Å²) < 4.78 is 15.9. The number of nitrogens with zero attached hydrogens (tertiary/aromatic N) is 6. The fourth-order valence-electron chi connectivity index (χ4n) is 4.12. The average molecular weight is 453 g/mol. The Morgan fingerprint density at radius 1 is 1.17 bits per heavy atom. The summed E-state index contributed by atoms with van der Waals surface area (Å²) in [5, 5.41) is 13.3. The molecule has 10 heteroatoms. The first-order chi connectivity index (χ1) is 14.6. The Labute approximate surface area is 184 Å². The Balaban J connectivity index is 1.26. The van der Waals surface area contributed by atoms with Gasteiger partial charge in [-0.1, -0.05) is 48.7 Å². The maximum Gasteiger partial charge on any atom is 0.233 e. The molecule has 2 aliphatic rings. The summed E-state index contributed by atoms with van der Waals surface area (Å²) in [7, 11) is 0. The van der Waals surface area contributed by atoms with Gasteiger partial charge < -0.3 is 4.90 Å². The van der Waals surface area contributed by atoms with Gasteiger partial charge in [0, 0.05) is 43.3 Å². The van der Waals surface area contributed by atoms with Gasteiger partial charge in [-0.05, 0) is 35.4 Å². The van der Waals surface area contributed by atoms with Crippen molar-refractivity contribution in [2.75, 3.05) is 31.9 Å². The lowest BCUT2D eigenvalue weighted by atomic mass is 9.96. The fourth-order valence-corrected chi connectivity index (χ4v) is 5.19. The second-order valence-corrected chi connectivity index (χ2v) is 9.19. The summed E-state index contributed by atoms with van der Waals surface area (Å²) in [5.41, 5.74) is 0.518. The van der Waals surface area contributed by atoms with E-state index < -0.39 is 0 Å². The van der Waals surface area contributed by atoms with Crippen molar-refractivity contribution in [2.24, 2.45) is 0 Å². The molecule has 0 atom stereocenters. The molecular weight excluding hydrogens is 427 g/mol. The largest absolute Gasteiger partial charge is 0.339 e. The van der Waals surface area contributed by atoms with Crippen LogP contribution in [0.5, 0.6) is 0 Å². The summed E-state index contributed by atoms with van der Waals surface area (Å²) in [6, 6.07) is 5.09. The third-order valence-electron chi connectivity index (χ3n) is 5.88. The molecule has 0 bridgehead atoms. The summed E-state index contributed by atoms with van der Waals surface area (Å²) in [5.74, 6) is 0.126. The number of thioether (sulfide) groups is 1. The zero-order valence-corrected chi connectivity index (χ0v) is 18.4. The smallest absolute Gasteiger partial charge is 0.233 e. The van der Waals surface area contributed by atoms with Crippen LogP contribution in [0.4, 0.5) is 4.39 Å². The van der Waals surface area contributed by atoms with Gasteiger partial charge in [-0.15, -0.1) is 5.10 Å². The van der Waals surface area contributed by atoms with Gasteiger partial charge >= 0.3 is 0 Å². The summed E-state index contributed by atoms with van der Waals surface area (Å²) in [6.45, 7) is 3.10. The predicted molar refractivity (Wildman–Crippen MR) is 114 cm³/mol. The van der Waals surface area contributed by atoms with E-state index in [1.165, 1.54) is 37.1 Å². The second-order valence-electron chi connectivity index (χ2n) is 7.84. The standard InChI is InChI=1S/C20H26ClFN6OS/c21-17-7-4-8-18(22)16(17)13-26-9-11-27(12-10-26)19(29)14-30-20-23-24-25-28(20)15-5-2-1-3-6-15/h4,7-8,15H,1-3,5-6,9-14H2. The fraction of sp³-hybridized carbons (Fsp3) is 0.600. The molecular formula is C20H26ClFN6OS. The first-order valence-corrected chi connectivity index (χ1v) is 11.8. The van der Waals surface area contributed by atoms with Crippen LogP contribution >= 0.6 is 23.4 Å². The maximum atomic E-state index is 14.0. The van der Waals surface area contributed by atoms with Gasteiger partial charge in [0.1, 0.15) is 5.82 Å². The van der Waals surface area contributed by atoms with Crippen LogP contribution < -0.4 is 0 Å². The van der Waals surface area contributed by atoms with Crippen molar-refractivity contribution < 1.29 is 9.18 Å². The van der Waals surface area contributed by atoms with E-state index >= 15 is 0 Å². The molecule has 1 aromatic heterocycles. The van der Waals surface area contributed by atoms with Gasteiger partial charge in [0.2, 0.25) is 11.1 Å². The highest BCUT2D eigenvalue weighted by atomic mass is 35.5. The third kappa shape index (κ3) is 5.12. The van der Waals surface area contributed by atoms with Gasteiger partial charge in [0.05, 0.1) is 11.8 Å². The molecule has 2 heterocycles. The summed E-state index contributed by atoms with van der Waals surface area (Å²) >= 11 is 7.55. The molecule has 0 unspecified atom stereocenters. The normalized spacial score (nSPS) is 18.7. The van der Waals surface area contributed by atoms with E-state index in [9.17, 15) is 9.18 Å². The van der Waals surface area contributed by atoms with E-state index in [4.69, 9.17) is 11.6 Å². The van der Waals surface area contributed by atoms with Crippen molar-refractivity contribution in [3.8, 4) is 0 Å². The minimum atomic E-state index is -0.284. The second kappa shape index (κ2) is 10.1. The first-order valence-electron chi connectivity index (χ1n) is 10.5. The number of hydrogen-bond acceptors (Lipinski definition) is 6. The van der Waals surface area contributed by atoms with Crippen LogP contribution in [0.3, 0.4) is 0 Å². The van der Waals surface area contributed by atoms with Crippen molar-refractivity contribution >= 4 is 29.3 Å². The molecule has 0 N–H and O–H groups in total. The number of piperazine rings is 1. The van der Waals surface area contributed by atoms with Crippen LogP contribution in [0.15, 0.2) is 23.4 Å². The van der Waals surface area contributed by atoms with Gasteiger partial charge in [0.25, 0.3) is 0 Å². The SMILES string of the molecule is O=C(CSc1nnnn1C1CCCCC1)N1CCN(Cc2c(F)cccc2Cl)CC1. The number of tetrazole rings is 1. The molecule has 2 fully saturated rings. The van der Waals surface area contributed by atoms with Crippen LogP contribution in [-0.4, -0.2) is 67.8 Å². The van der Waals surface area contributed by atoms with Crippen LogP contribution in [-0.2, 0) is 11.3 Å². The van der Waals surface area contributed by atoms with Gasteiger partial charge in [-0.3, -0.25) is 9.69 Å². The minimum absolute atomic E-state index is 0.0850. The third-order valence-corrected chi connectivity index (χ3v) is 7.15. The quantitative estimate of drug-likeness (QED) is 0.626. The number of aromatic nitrogens is 4. The molecule has 4 rings (SSSR count). The molecule has 1 aliphatic carbocycles. The van der Waals surface area contributed by atoms with E-state index in [2.05, 4.69) is 20.4 Å². The van der Waals surface area contributed by atoms with E-state index in [1.807, 2.05) is 9.58 Å². The van der Waals surface area contributed by atoms with Crippen molar-refractivity contribution in [3.05, 3.63) is 34.6 Å². The molecule has 1 aliphatic heterocycles. The van der Waals surface area contributed by atoms with Gasteiger partial charge in [0.15, 0.2) is 0 Å². The Bertz CT molecular complexity index is 846. The number of hydrogen-bond donors (Lipinski definition) is 0. The zero-order chi connectivity index (χ0) is 20.9. The predicted octanol–water partition coefficient (Wildman–Crippen LogP) is 3.41. The number of halogens is 2. The van der Waals surface area contributed by atoms with Crippen LogP contribution in [0, 0.1) is 5.82 Å². The number of carbonyl (C=O) groups is 1. The molecule has 7 nitrogen and oxygen atoms in total. The summed E-state index contributed by atoms with van der Waals surface area (Å²) in [6.07, 6.45) is 5.88. The molecule has 1 amide bonds. The number of rotatable bonds is 6. The lowest BCUT2D eigenvalue weighted by Crippen LogP contribution is -2.48. The molecule has 30 heavy (non-hydrogen) atoms. The maximum absolute atomic E-state index is 14.0. The molecule has 0 spiro atoms. The number of benzene rings is 1. The molecule has 162 valence electrons. The van der Waals surface area contributed by atoms with Crippen LogP contribution in [0.2, 0.25) is 5.02 Å². The highest BCUT2D eigenvalue weighted by Gasteiger charge is 2.24. The van der Waals surface area contributed by atoms with E-state index in [-0.39, 0.29) is 11.7 Å². The Morgan fingerprint density at radius 2 is 1.93 bits per heavy atom. The Hall–Kier alpha value is -1.71. The van der Waals surface area contributed by atoms with Crippen molar-refractivity contribution in [2.45, 2.75) is 49.8 Å². The Morgan fingerprint density at radius 3 is 2.67 bits per heavy atom. The summed E-state index contributed by atoms with van der Waals surface area (Å²) in [4.78, 5) is 16.7. The minimum Gasteiger partial charge on any atom is -0.339 e. The highest BCUT2D eigenvalue weighted by Crippen LogP contribution is 2.30. The highest BCUT2D eigenvalue weighted by molar-refractivity contribution is 7.99.